The molecule has 0 aromatic heterocycles. The first-order valence-electron chi connectivity index (χ1n) is 7.09. The van der Waals surface area contributed by atoms with Crippen LogP contribution in [0, 0.1) is 0 Å². The van der Waals surface area contributed by atoms with Crippen molar-refractivity contribution < 1.29 is 13.2 Å². The van der Waals surface area contributed by atoms with Crippen LogP contribution in [-0.2, 0) is 14.6 Å². The molecule has 0 aliphatic carbocycles. The molecular weight excluding hydrogens is 274 g/mol. The maximum absolute atomic E-state index is 12.3. The zero-order valence-corrected chi connectivity index (χ0v) is 12.6. The fourth-order valence-corrected chi connectivity index (χ4v) is 3.98. The summed E-state index contributed by atoms with van der Waals surface area (Å²) >= 11 is 0. The first-order chi connectivity index (χ1) is 9.53. The molecule has 0 saturated heterocycles. The van der Waals surface area contributed by atoms with Gasteiger partial charge in [-0.15, -0.1) is 0 Å². The van der Waals surface area contributed by atoms with E-state index in [9.17, 15) is 13.2 Å². The van der Waals surface area contributed by atoms with Crippen LogP contribution >= 0.6 is 0 Å². The number of carbonyl (C=O) groups is 1. The molecule has 1 atom stereocenters. The van der Waals surface area contributed by atoms with Gasteiger partial charge in [-0.25, -0.2) is 8.42 Å². The molecule has 2 rings (SSSR count). The van der Waals surface area contributed by atoms with E-state index in [2.05, 4.69) is 5.32 Å². The van der Waals surface area contributed by atoms with Crippen LogP contribution in [0.25, 0.3) is 0 Å². The molecule has 110 valence electrons. The van der Waals surface area contributed by atoms with Crippen LogP contribution < -0.4 is 5.32 Å². The van der Waals surface area contributed by atoms with Crippen molar-refractivity contribution in [1.29, 1.82) is 0 Å². The van der Waals surface area contributed by atoms with Crippen molar-refractivity contribution in [3.05, 3.63) is 29.8 Å². The highest BCUT2D eigenvalue weighted by molar-refractivity contribution is 7.91. The van der Waals surface area contributed by atoms with Crippen molar-refractivity contribution >= 4 is 21.3 Å². The van der Waals surface area contributed by atoms with E-state index in [0.29, 0.717) is 6.42 Å². The van der Waals surface area contributed by atoms with Crippen LogP contribution in [0.4, 0.5) is 5.69 Å². The SMILES string of the molecule is CCCS(=O)(=O)CCC(=O)C1CCNc2ccccc21. The molecular formula is C15H21NO3S. The summed E-state index contributed by atoms with van der Waals surface area (Å²) in [5, 5.41) is 3.27. The molecule has 0 amide bonds. The molecule has 0 saturated carbocycles. The number of Topliss-reactive ketones (excluding diaryl/α,β-unsaturated/α-hetero) is 1. The normalized spacial score (nSPS) is 18.1. The first kappa shape index (κ1) is 15.0. The second-order valence-electron chi connectivity index (χ2n) is 5.22. The van der Waals surface area contributed by atoms with E-state index < -0.39 is 9.84 Å². The lowest BCUT2D eigenvalue weighted by Crippen LogP contribution is -2.25. The maximum atomic E-state index is 12.3. The van der Waals surface area contributed by atoms with Crippen LogP contribution in [0.15, 0.2) is 24.3 Å². The Kier molecular flexibility index (Phi) is 4.81. The van der Waals surface area contributed by atoms with Crippen molar-refractivity contribution in [1.82, 2.24) is 0 Å². The monoisotopic (exact) mass is 295 g/mol. The van der Waals surface area contributed by atoms with Crippen LogP contribution in [-0.4, -0.2) is 32.3 Å². The van der Waals surface area contributed by atoms with Crippen LogP contribution in [0.2, 0.25) is 0 Å². The Morgan fingerprint density at radius 2 is 2.05 bits per heavy atom. The van der Waals surface area contributed by atoms with Crippen molar-refractivity contribution in [2.45, 2.75) is 32.1 Å². The summed E-state index contributed by atoms with van der Waals surface area (Å²) in [6, 6.07) is 7.76. The second-order valence-corrected chi connectivity index (χ2v) is 7.53. The lowest BCUT2D eigenvalue weighted by Gasteiger charge is -2.25. The van der Waals surface area contributed by atoms with Gasteiger partial charge in [0.15, 0.2) is 9.84 Å². The van der Waals surface area contributed by atoms with Crippen molar-refractivity contribution in [3.63, 3.8) is 0 Å². The van der Waals surface area contributed by atoms with E-state index in [1.807, 2.05) is 31.2 Å². The Morgan fingerprint density at radius 1 is 1.30 bits per heavy atom. The lowest BCUT2D eigenvalue weighted by atomic mass is 9.87. The first-order valence-corrected chi connectivity index (χ1v) is 8.91. The van der Waals surface area contributed by atoms with Gasteiger partial charge in [-0.3, -0.25) is 4.79 Å². The number of fused-ring (bicyclic) bond motifs is 1. The summed E-state index contributed by atoms with van der Waals surface area (Å²) in [5.41, 5.74) is 1.99. The molecule has 1 aliphatic heterocycles. The molecule has 1 N–H and O–H groups in total. The molecule has 4 nitrogen and oxygen atoms in total. The average molecular weight is 295 g/mol. The molecule has 1 aromatic rings. The number of ketones is 1. The summed E-state index contributed by atoms with van der Waals surface area (Å²) in [6.07, 6.45) is 1.47. The fraction of sp³-hybridized carbons (Fsp3) is 0.533. The van der Waals surface area contributed by atoms with E-state index in [0.717, 1.165) is 24.2 Å². The number of hydrogen-bond acceptors (Lipinski definition) is 4. The van der Waals surface area contributed by atoms with Gasteiger partial charge in [0.25, 0.3) is 0 Å². The highest BCUT2D eigenvalue weighted by Crippen LogP contribution is 2.32. The minimum Gasteiger partial charge on any atom is -0.385 e. The van der Waals surface area contributed by atoms with Crippen LogP contribution in [0.3, 0.4) is 0 Å². The molecule has 20 heavy (non-hydrogen) atoms. The Labute approximate surface area is 120 Å². The van der Waals surface area contributed by atoms with Gasteiger partial charge in [-0.05, 0) is 24.5 Å². The second kappa shape index (κ2) is 6.39. The number of hydrogen-bond donors (Lipinski definition) is 1. The summed E-state index contributed by atoms with van der Waals surface area (Å²) in [6.45, 7) is 2.59. The minimum atomic E-state index is -3.08. The Bertz CT molecular complexity index is 581. The third-order valence-electron chi connectivity index (χ3n) is 3.65. The zero-order valence-electron chi connectivity index (χ0n) is 11.8. The summed E-state index contributed by atoms with van der Waals surface area (Å²) < 4.78 is 23.4. The number of para-hydroxylation sites is 1. The predicted octanol–water partition coefficient (Wildman–Crippen LogP) is 2.37. The van der Waals surface area contributed by atoms with Crippen LogP contribution in [0.5, 0.6) is 0 Å². The lowest BCUT2D eigenvalue weighted by molar-refractivity contribution is -0.120. The van der Waals surface area contributed by atoms with Gasteiger partial charge < -0.3 is 5.32 Å². The number of benzene rings is 1. The van der Waals surface area contributed by atoms with Gasteiger partial charge in [0.2, 0.25) is 0 Å². The molecule has 0 radical (unpaired) electrons. The standard InChI is InChI=1S/C15H21NO3S/c1-2-10-20(18,19)11-8-15(17)13-7-9-16-14-6-4-3-5-12(13)14/h3-6,13,16H,2,7-11H2,1H3. The molecule has 0 fully saturated rings. The summed E-state index contributed by atoms with van der Waals surface area (Å²) in [4.78, 5) is 12.3. The van der Waals surface area contributed by atoms with Crippen molar-refractivity contribution in [2.75, 3.05) is 23.4 Å². The zero-order chi connectivity index (χ0) is 14.6. The van der Waals surface area contributed by atoms with E-state index in [1.54, 1.807) is 0 Å². The fourth-order valence-electron chi connectivity index (χ4n) is 2.65. The van der Waals surface area contributed by atoms with E-state index in [1.165, 1.54) is 0 Å². The minimum absolute atomic E-state index is 0.0221. The predicted molar refractivity (Wildman–Crippen MR) is 80.9 cm³/mol. The highest BCUT2D eigenvalue weighted by atomic mass is 32.2. The molecule has 0 bridgehead atoms. The number of rotatable bonds is 6. The third-order valence-corrected chi connectivity index (χ3v) is 5.50. The molecule has 1 heterocycles. The van der Waals surface area contributed by atoms with Gasteiger partial charge in [0.1, 0.15) is 5.78 Å². The van der Waals surface area contributed by atoms with Gasteiger partial charge in [0.05, 0.1) is 5.75 Å². The number of nitrogens with one attached hydrogen (secondary N) is 1. The summed E-state index contributed by atoms with van der Waals surface area (Å²) in [5.74, 6) is 0.0254. The van der Waals surface area contributed by atoms with Gasteiger partial charge in [0, 0.05) is 30.3 Å². The Balaban J connectivity index is 2.04. The molecule has 5 heteroatoms. The number of carbonyl (C=O) groups excluding carboxylic acids is 1. The number of anilines is 1. The maximum Gasteiger partial charge on any atom is 0.150 e. The highest BCUT2D eigenvalue weighted by Gasteiger charge is 2.26. The quantitative estimate of drug-likeness (QED) is 0.875. The molecule has 0 spiro atoms. The molecule has 1 unspecified atom stereocenters. The van der Waals surface area contributed by atoms with Gasteiger partial charge in [-0.2, -0.15) is 0 Å². The average Bonchev–Trinajstić information content (AvgIpc) is 2.44. The summed E-state index contributed by atoms with van der Waals surface area (Å²) in [7, 11) is -3.08. The third kappa shape index (κ3) is 3.60. The molecule has 1 aromatic carbocycles. The topological polar surface area (TPSA) is 63.2 Å². The Hall–Kier alpha value is -1.36. The van der Waals surface area contributed by atoms with Gasteiger partial charge in [-0.1, -0.05) is 25.1 Å². The molecule has 1 aliphatic rings. The largest absolute Gasteiger partial charge is 0.385 e. The van der Waals surface area contributed by atoms with E-state index >= 15 is 0 Å². The smallest absolute Gasteiger partial charge is 0.150 e. The van der Waals surface area contributed by atoms with Gasteiger partial charge >= 0.3 is 0 Å². The van der Waals surface area contributed by atoms with Crippen LogP contribution in [0.1, 0.15) is 37.7 Å². The van der Waals surface area contributed by atoms with Crippen molar-refractivity contribution in [2.24, 2.45) is 0 Å². The van der Waals surface area contributed by atoms with E-state index in [4.69, 9.17) is 0 Å². The number of sulfone groups is 1. The van der Waals surface area contributed by atoms with Crippen molar-refractivity contribution in [3.8, 4) is 0 Å². The Morgan fingerprint density at radius 3 is 2.80 bits per heavy atom. The van der Waals surface area contributed by atoms with E-state index in [-0.39, 0.29) is 29.6 Å².